The van der Waals surface area contributed by atoms with E-state index in [1.807, 2.05) is 0 Å². The maximum absolute atomic E-state index is 2.46. The Hall–Kier alpha value is 0. The van der Waals surface area contributed by atoms with Crippen molar-refractivity contribution < 1.29 is 0 Å². The first-order valence-corrected chi connectivity index (χ1v) is 12.1. The number of rotatable bonds is 19. The van der Waals surface area contributed by atoms with E-state index in [4.69, 9.17) is 0 Å². The monoisotopic (exact) mass is 352 g/mol. The third-order valence-electron chi connectivity index (χ3n) is 6.26. The Morgan fingerprint density at radius 1 is 0.480 bits per heavy atom. The Bertz CT molecular complexity index is 242. The molecule has 0 spiro atoms. The van der Waals surface area contributed by atoms with Crippen LogP contribution in [0.1, 0.15) is 144 Å². The van der Waals surface area contributed by atoms with Crippen LogP contribution >= 0.6 is 0 Å². The molecule has 0 heteroatoms. The molecule has 0 saturated heterocycles. The van der Waals surface area contributed by atoms with Crippen LogP contribution < -0.4 is 0 Å². The molecule has 2 atom stereocenters. The molecule has 152 valence electrons. The van der Waals surface area contributed by atoms with Gasteiger partial charge in [0.2, 0.25) is 0 Å². The Morgan fingerprint density at radius 2 is 0.920 bits per heavy atom. The molecule has 0 fully saturated rings. The topological polar surface area (TPSA) is 0 Å². The molecule has 0 aliphatic rings. The minimum atomic E-state index is 0.853. The maximum Gasteiger partial charge on any atom is -0.0412 e. The van der Waals surface area contributed by atoms with Crippen LogP contribution in [0.3, 0.4) is 0 Å². The summed E-state index contributed by atoms with van der Waals surface area (Å²) in [5.74, 6) is 2.75. The van der Waals surface area contributed by atoms with Crippen molar-refractivity contribution >= 4 is 0 Å². The van der Waals surface area contributed by atoms with Crippen LogP contribution in [0, 0.1) is 17.8 Å². The van der Waals surface area contributed by atoms with Gasteiger partial charge in [-0.05, 0) is 24.2 Å². The molecule has 0 heterocycles. The fraction of sp³-hybridized carbons (Fsp3) is 1.00. The summed E-state index contributed by atoms with van der Waals surface area (Å²) in [7, 11) is 0. The lowest BCUT2D eigenvalue weighted by atomic mass is 9.83. The van der Waals surface area contributed by atoms with E-state index in [2.05, 4.69) is 34.6 Å². The predicted octanol–water partition coefficient (Wildman–Crippen LogP) is 9.57. The standard InChI is InChI=1S/C25H52/c1-6-8-9-10-11-12-13-14-15-16-17-18-19-21-25(20-7-2)22-24(5)23(3)4/h23-25H,6-22H2,1-5H3. The van der Waals surface area contributed by atoms with Gasteiger partial charge in [0.05, 0.1) is 0 Å². The highest BCUT2D eigenvalue weighted by atomic mass is 14.2. The van der Waals surface area contributed by atoms with Gasteiger partial charge < -0.3 is 0 Å². The summed E-state index contributed by atoms with van der Waals surface area (Å²) in [5, 5.41) is 0. The first-order chi connectivity index (χ1) is 12.1. The summed E-state index contributed by atoms with van der Waals surface area (Å²) >= 11 is 0. The molecule has 0 bridgehead atoms. The molecule has 0 saturated carbocycles. The second kappa shape index (κ2) is 18.8. The van der Waals surface area contributed by atoms with E-state index in [0.29, 0.717) is 0 Å². The SMILES string of the molecule is CCCCCCCCCCCCCCCC(CCC)CC(C)C(C)C. The van der Waals surface area contributed by atoms with Crippen molar-refractivity contribution in [1.29, 1.82) is 0 Å². The average Bonchev–Trinajstić information content (AvgIpc) is 2.58. The molecular formula is C25H52. The van der Waals surface area contributed by atoms with Crippen LogP contribution in [-0.2, 0) is 0 Å². The quantitative estimate of drug-likeness (QED) is 0.203. The third kappa shape index (κ3) is 17.2. The first kappa shape index (κ1) is 25.0. The van der Waals surface area contributed by atoms with Gasteiger partial charge in [-0.25, -0.2) is 0 Å². The van der Waals surface area contributed by atoms with E-state index in [9.17, 15) is 0 Å². The van der Waals surface area contributed by atoms with Crippen LogP contribution in [-0.4, -0.2) is 0 Å². The molecule has 0 aliphatic heterocycles. The highest BCUT2D eigenvalue weighted by molar-refractivity contribution is 4.66. The zero-order chi connectivity index (χ0) is 18.8. The minimum Gasteiger partial charge on any atom is -0.0654 e. The molecule has 0 N–H and O–H groups in total. The van der Waals surface area contributed by atoms with Gasteiger partial charge in [-0.3, -0.25) is 0 Å². The maximum atomic E-state index is 2.46. The second-order valence-corrected chi connectivity index (χ2v) is 9.14. The molecule has 0 radical (unpaired) electrons. The Morgan fingerprint density at radius 3 is 1.32 bits per heavy atom. The van der Waals surface area contributed by atoms with Crippen LogP contribution in [0.5, 0.6) is 0 Å². The van der Waals surface area contributed by atoms with Crippen molar-refractivity contribution in [2.45, 2.75) is 144 Å². The highest BCUT2D eigenvalue weighted by Gasteiger charge is 2.14. The molecule has 0 rings (SSSR count). The lowest BCUT2D eigenvalue weighted by molar-refractivity contribution is 0.287. The summed E-state index contributed by atoms with van der Waals surface area (Å²) in [5.41, 5.74) is 0. The van der Waals surface area contributed by atoms with Gasteiger partial charge >= 0.3 is 0 Å². The molecule has 25 heavy (non-hydrogen) atoms. The fourth-order valence-electron chi connectivity index (χ4n) is 4.04. The molecule has 0 aromatic rings. The number of unbranched alkanes of at least 4 members (excludes halogenated alkanes) is 12. The third-order valence-corrected chi connectivity index (χ3v) is 6.26. The van der Waals surface area contributed by atoms with Crippen molar-refractivity contribution in [3.05, 3.63) is 0 Å². The van der Waals surface area contributed by atoms with E-state index in [-0.39, 0.29) is 0 Å². The lowest BCUT2D eigenvalue weighted by Crippen LogP contribution is -2.11. The summed E-state index contributed by atoms with van der Waals surface area (Å²) in [6.07, 6.45) is 24.9. The predicted molar refractivity (Wildman–Crippen MR) is 117 cm³/mol. The lowest BCUT2D eigenvalue weighted by Gasteiger charge is -2.23. The summed E-state index contributed by atoms with van der Waals surface area (Å²) in [4.78, 5) is 0. The van der Waals surface area contributed by atoms with Crippen LogP contribution in [0.25, 0.3) is 0 Å². The van der Waals surface area contributed by atoms with E-state index in [1.165, 1.54) is 109 Å². The largest absolute Gasteiger partial charge is 0.0654 e. The van der Waals surface area contributed by atoms with Crippen molar-refractivity contribution in [2.75, 3.05) is 0 Å². The van der Waals surface area contributed by atoms with Gasteiger partial charge in [0.1, 0.15) is 0 Å². The van der Waals surface area contributed by atoms with Gasteiger partial charge in [-0.15, -0.1) is 0 Å². The first-order valence-electron chi connectivity index (χ1n) is 12.1. The van der Waals surface area contributed by atoms with Crippen LogP contribution in [0.15, 0.2) is 0 Å². The molecular weight excluding hydrogens is 300 g/mol. The molecule has 2 unspecified atom stereocenters. The summed E-state index contributed by atoms with van der Waals surface area (Å²) in [6, 6.07) is 0. The second-order valence-electron chi connectivity index (χ2n) is 9.14. The van der Waals surface area contributed by atoms with Crippen molar-refractivity contribution in [1.82, 2.24) is 0 Å². The van der Waals surface area contributed by atoms with Gasteiger partial charge in [0.15, 0.2) is 0 Å². The normalized spacial score (nSPS) is 14.2. The summed E-state index contributed by atoms with van der Waals surface area (Å²) < 4.78 is 0. The Kier molecular flexibility index (Phi) is 18.8. The zero-order valence-corrected chi connectivity index (χ0v) is 18.8. The van der Waals surface area contributed by atoms with Gasteiger partial charge in [-0.1, -0.05) is 137 Å². The van der Waals surface area contributed by atoms with Gasteiger partial charge in [-0.2, -0.15) is 0 Å². The number of hydrogen-bond acceptors (Lipinski definition) is 0. The molecule has 0 aromatic heterocycles. The molecule has 0 amide bonds. The van der Waals surface area contributed by atoms with Crippen LogP contribution in [0.4, 0.5) is 0 Å². The highest BCUT2D eigenvalue weighted by Crippen LogP contribution is 2.27. The van der Waals surface area contributed by atoms with E-state index >= 15 is 0 Å². The van der Waals surface area contributed by atoms with Crippen molar-refractivity contribution in [2.24, 2.45) is 17.8 Å². The number of hydrogen-bond donors (Lipinski definition) is 0. The molecule has 0 nitrogen and oxygen atoms in total. The van der Waals surface area contributed by atoms with E-state index in [1.54, 1.807) is 0 Å². The van der Waals surface area contributed by atoms with Crippen molar-refractivity contribution in [3.63, 3.8) is 0 Å². The fourth-order valence-corrected chi connectivity index (χ4v) is 4.04. The molecule has 0 aromatic carbocycles. The van der Waals surface area contributed by atoms with Gasteiger partial charge in [0.25, 0.3) is 0 Å². The van der Waals surface area contributed by atoms with Crippen molar-refractivity contribution in [3.8, 4) is 0 Å². The Labute approximate surface area is 161 Å². The minimum absolute atomic E-state index is 0.853. The summed E-state index contributed by atoms with van der Waals surface area (Å²) in [6.45, 7) is 11.9. The van der Waals surface area contributed by atoms with E-state index < -0.39 is 0 Å². The zero-order valence-electron chi connectivity index (χ0n) is 18.8. The van der Waals surface area contributed by atoms with Crippen LogP contribution in [0.2, 0.25) is 0 Å². The average molecular weight is 353 g/mol. The Balaban J connectivity index is 3.42. The smallest absolute Gasteiger partial charge is 0.0412 e. The van der Waals surface area contributed by atoms with E-state index in [0.717, 1.165) is 17.8 Å². The molecule has 0 aliphatic carbocycles. The van der Waals surface area contributed by atoms with Gasteiger partial charge in [0, 0.05) is 0 Å².